The monoisotopic (exact) mass is 387 g/mol. The van der Waals surface area contributed by atoms with Crippen LogP contribution in [0.3, 0.4) is 0 Å². The van der Waals surface area contributed by atoms with Gasteiger partial charge in [0.15, 0.2) is 0 Å². The Morgan fingerprint density at radius 1 is 0.828 bits per heavy atom. The van der Waals surface area contributed by atoms with Crippen molar-refractivity contribution < 1.29 is 14.7 Å². The molecule has 0 aliphatic rings. The van der Waals surface area contributed by atoms with Gasteiger partial charge in [0.1, 0.15) is 0 Å². The lowest BCUT2D eigenvalue weighted by atomic mass is 9.93. The Morgan fingerprint density at radius 2 is 1.41 bits per heavy atom. The molecule has 0 spiro atoms. The van der Waals surface area contributed by atoms with Crippen LogP contribution in [-0.4, -0.2) is 16.8 Å². The molecule has 0 aliphatic heterocycles. The van der Waals surface area contributed by atoms with Crippen LogP contribution in [0.25, 0.3) is 0 Å². The Kier molecular flexibility index (Phi) is 6.57. The van der Waals surface area contributed by atoms with Crippen molar-refractivity contribution in [3.05, 3.63) is 107 Å². The van der Waals surface area contributed by atoms with Crippen molar-refractivity contribution in [2.75, 3.05) is 0 Å². The van der Waals surface area contributed by atoms with Crippen LogP contribution >= 0.6 is 0 Å². The topological polar surface area (TPSA) is 66.4 Å². The Labute approximate surface area is 171 Å². The molecule has 2 N–H and O–H groups in total. The lowest BCUT2D eigenvalue weighted by Gasteiger charge is -2.28. The summed E-state index contributed by atoms with van der Waals surface area (Å²) in [5, 5.41) is 13.9. The summed E-state index contributed by atoms with van der Waals surface area (Å²) in [5.41, 5.74) is -0.000921. The van der Waals surface area contributed by atoms with Crippen LogP contribution in [0.4, 0.5) is 0 Å². The van der Waals surface area contributed by atoms with Crippen molar-refractivity contribution >= 4 is 11.7 Å². The van der Waals surface area contributed by atoms with Crippen molar-refractivity contribution in [3.8, 4) is 0 Å². The number of unbranched alkanes of at least 4 members (excludes halogenated alkanes) is 1. The van der Waals surface area contributed by atoms with Gasteiger partial charge < -0.3 is 10.4 Å². The van der Waals surface area contributed by atoms with E-state index in [0.717, 1.165) is 24.8 Å². The van der Waals surface area contributed by atoms with E-state index in [4.69, 9.17) is 0 Å². The quantitative estimate of drug-likeness (QED) is 0.442. The zero-order chi connectivity index (χ0) is 20.7. The standard InChI is InChI=1S/C25H25NO3/c1-2-3-10-19-15-17-21(18-16-19)24(28)26-25(29,22-13-8-5-9-14-22)23(27)20-11-6-4-7-12-20/h4-9,11-18,29H,2-3,10H2,1H3,(H,26,28). The minimum absolute atomic E-state index is 0.307. The van der Waals surface area contributed by atoms with Crippen LogP contribution in [-0.2, 0) is 12.1 Å². The fourth-order valence-electron chi connectivity index (χ4n) is 3.18. The highest BCUT2D eigenvalue weighted by Crippen LogP contribution is 2.24. The maximum Gasteiger partial charge on any atom is 0.254 e. The van der Waals surface area contributed by atoms with Crippen LogP contribution in [0.2, 0.25) is 0 Å². The van der Waals surface area contributed by atoms with Gasteiger partial charge in [-0.05, 0) is 30.5 Å². The maximum atomic E-state index is 13.1. The molecule has 0 saturated carbocycles. The molecule has 1 amide bonds. The fraction of sp³-hybridized carbons (Fsp3) is 0.200. The molecule has 0 radical (unpaired) electrons. The first-order valence-electron chi connectivity index (χ1n) is 9.84. The predicted molar refractivity (Wildman–Crippen MR) is 114 cm³/mol. The van der Waals surface area contributed by atoms with Gasteiger partial charge in [0.2, 0.25) is 11.5 Å². The first kappa shape index (κ1) is 20.5. The van der Waals surface area contributed by atoms with Gasteiger partial charge in [-0.15, -0.1) is 0 Å². The molecule has 0 fully saturated rings. The molecular formula is C25H25NO3. The molecule has 3 rings (SSSR count). The SMILES string of the molecule is CCCCc1ccc(C(=O)NC(O)(C(=O)c2ccccc2)c2ccccc2)cc1. The van der Waals surface area contributed by atoms with Crippen molar-refractivity contribution in [2.24, 2.45) is 0 Å². The maximum absolute atomic E-state index is 13.1. The third-order valence-corrected chi connectivity index (χ3v) is 4.89. The summed E-state index contributed by atoms with van der Waals surface area (Å²) < 4.78 is 0. The zero-order valence-corrected chi connectivity index (χ0v) is 16.5. The third-order valence-electron chi connectivity index (χ3n) is 4.89. The molecule has 3 aromatic rings. The number of amides is 1. The predicted octanol–water partition coefficient (Wildman–Crippen LogP) is 4.49. The molecule has 0 heterocycles. The number of benzene rings is 3. The van der Waals surface area contributed by atoms with Gasteiger partial charge in [0.05, 0.1) is 0 Å². The first-order valence-corrected chi connectivity index (χ1v) is 9.84. The number of rotatable bonds is 8. The van der Waals surface area contributed by atoms with Gasteiger partial charge in [-0.3, -0.25) is 9.59 Å². The molecule has 1 atom stereocenters. The highest BCUT2D eigenvalue weighted by molar-refractivity contribution is 6.06. The third kappa shape index (κ3) is 4.79. The number of aliphatic hydroxyl groups is 1. The van der Waals surface area contributed by atoms with Crippen LogP contribution in [0, 0.1) is 0 Å². The van der Waals surface area contributed by atoms with E-state index in [0.29, 0.717) is 16.7 Å². The van der Waals surface area contributed by atoms with E-state index >= 15 is 0 Å². The second-order valence-electron chi connectivity index (χ2n) is 7.03. The fourth-order valence-corrected chi connectivity index (χ4v) is 3.18. The Bertz CT molecular complexity index is 952. The van der Waals surface area contributed by atoms with Gasteiger partial charge >= 0.3 is 0 Å². The summed E-state index contributed by atoms with van der Waals surface area (Å²) >= 11 is 0. The van der Waals surface area contributed by atoms with E-state index in [2.05, 4.69) is 12.2 Å². The van der Waals surface area contributed by atoms with Crippen molar-refractivity contribution in [3.63, 3.8) is 0 Å². The van der Waals surface area contributed by atoms with E-state index in [1.807, 2.05) is 12.1 Å². The highest BCUT2D eigenvalue weighted by atomic mass is 16.3. The van der Waals surface area contributed by atoms with Gasteiger partial charge in [0, 0.05) is 16.7 Å². The molecule has 4 nitrogen and oxygen atoms in total. The molecule has 1 unspecified atom stereocenters. The number of aryl methyl sites for hydroxylation is 1. The summed E-state index contributed by atoms with van der Waals surface area (Å²) in [7, 11) is 0. The Balaban J connectivity index is 1.89. The second-order valence-corrected chi connectivity index (χ2v) is 7.03. The minimum Gasteiger partial charge on any atom is -0.361 e. The van der Waals surface area contributed by atoms with Crippen LogP contribution in [0.15, 0.2) is 84.9 Å². The average Bonchev–Trinajstić information content (AvgIpc) is 2.78. The first-order chi connectivity index (χ1) is 14.0. The van der Waals surface area contributed by atoms with Crippen molar-refractivity contribution in [1.29, 1.82) is 0 Å². The Morgan fingerprint density at radius 3 is 2.00 bits per heavy atom. The largest absolute Gasteiger partial charge is 0.361 e. The number of hydrogen-bond donors (Lipinski definition) is 2. The number of nitrogens with one attached hydrogen (secondary N) is 1. The lowest BCUT2D eigenvalue weighted by Crippen LogP contribution is -2.52. The van der Waals surface area contributed by atoms with Crippen LogP contribution in [0.1, 0.15) is 51.6 Å². The summed E-state index contributed by atoms with van der Waals surface area (Å²) in [5.74, 6) is -1.10. The summed E-state index contributed by atoms with van der Waals surface area (Å²) in [6.07, 6.45) is 3.15. The van der Waals surface area contributed by atoms with Crippen LogP contribution in [0.5, 0.6) is 0 Å². The summed E-state index contributed by atoms with van der Waals surface area (Å²) in [4.78, 5) is 26.0. The Hall–Kier alpha value is -3.24. The minimum atomic E-state index is -2.17. The molecule has 0 aromatic heterocycles. The number of hydrogen-bond acceptors (Lipinski definition) is 3. The zero-order valence-electron chi connectivity index (χ0n) is 16.5. The number of carbonyl (C=O) groups excluding carboxylic acids is 2. The number of carbonyl (C=O) groups is 2. The molecule has 0 saturated heterocycles. The lowest BCUT2D eigenvalue weighted by molar-refractivity contribution is 0.0103. The average molecular weight is 387 g/mol. The smallest absolute Gasteiger partial charge is 0.254 e. The number of Topliss-reactive ketones (excluding diaryl/α,β-unsaturated/α-hetero) is 1. The molecular weight excluding hydrogens is 362 g/mol. The molecule has 0 bridgehead atoms. The highest BCUT2D eigenvalue weighted by Gasteiger charge is 2.40. The molecule has 148 valence electrons. The molecule has 29 heavy (non-hydrogen) atoms. The van der Waals surface area contributed by atoms with Crippen LogP contribution < -0.4 is 5.32 Å². The van der Waals surface area contributed by atoms with Gasteiger partial charge in [-0.25, -0.2) is 0 Å². The molecule has 4 heteroatoms. The second kappa shape index (κ2) is 9.30. The van der Waals surface area contributed by atoms with E-state index < -0.39 is 17.4 Å². The molecule has 3 aromatic carbocycles. The van der Waals surface area contributed by atoms with E-state index in [-0.39, 0.29) is 0 Å². The van der Waals surface area contributed by atoms with E-state index in [1.54, 1.807) is 72.8 Å². The summed E-state index contributed by atoms with van der Waals surface area (Å²) in [6, 6.07) is 24.2. The van der Waals surface area contributed by atoms with Gasteiger partial charge in [-0.1, -0.05) is 86.1 Å². The normalized spacial score (nSPS) is 12.8. The van der Waals surface area contributed by atoms with Crippen molar-refractivity contribution in [1.82, 2.24) is 5.32 Å². The number of ketones is 1. The van der Waals surface area contributed by atoms with E-state index in [1.165, 1.54) is 0 Å². The summed E-state index contributed by atoms with van der Waals surface area (Å²) in [6.45, 7) is 2.13. The van der Waals surface area contributed by atoms with E-state index in [9.17, 15) is 14.7 Å². The van der Waals surface area contributed by atoms with Gasteiger partial charge in [-0.2, -0.15) is 0 Å². The molecule has 0 aliphatic carbocycles. The van der Waals surface area contributed by atoms with Crippen molar-refractivity contribution in [2.45, 2.75) is 31.9 Å². The van der Waals surface area contributed by atoms with Gasteiger partial charge in [0.25, 0.3) is 5.91 Å².